The van der Waals surface area contributed by atoms with Gasteiger partial charge in [-0.3, -0.25) is 9.00 Å². The number of hydrogen-bond acceptors (Lipinski definition) is 3. The van der Waals surface area contributed by atoms with Crippen molar-refractivity contribution in [3.8, 4) is 0 Å². The van der Waals surface area contributed by atoms with Gasteiger partial charge in [0.1, 0.15) is 17.7 Å². The number of hydrogen-bond donors (Lipinski definition) is 2. The lowest BCUT2D eigenvalue weighted by Gasteiger charge is -2.13. The quantitative estimate of drug-likeness (QED) is 0.814. The fourth-order valence-corrected chi connectivity index (χ4v) is 2.77. The van der Waals surface area contributed by atoms with Crippen LogP contribution in [0.3, 0.4) is 0 Å². The summed E-state index contributed by atoms with van der Waals surface area (Å²) in [7, 11) is -1.71. The Balaban J connectivity index is 2.70. The molecule has 2 N–H and O–H groups in total. The van der Waals surface area contributed by atoms with Crippen LogP contribution in [0.4, 0.5) is 8.78 Å². The van der Waals surface area contributed by atoms with Crippen molar-refractivity contribution in [2.75, 3.05) is 5.75 Å². The standard InChI is InChI=1S/C12H13F2NO4S/c1-7(16)15-11(12(17)18)6-20(19)5-8-2-3-9(13)4-10(8)14/h2-4,11H,5-6H2,1H3,(H,15,16)(H,17,18)/t11-,20?/m0/s1. The van der Waals surface area contributed by atoms with Crippen molar-refractivity contribution in [2.24, 2.45) is 0 Å². The molecule has 0 aromatic heterocycles. The van der Waals surface area contributed by atoms with E-state index in [4.69, 9.17) is 5.11 Å². The lowest BCUT2D eigenvalue weighted by Crippen LogP contribution is -2.43. The van der Waals surface area contributed by atoms with E-state index in [9.17, 15) is 22.6 Å². The molecule has 1 unspecified atom stereocenters. The average Bonchev–Trinajstić information content (AvgIpc) is 2.31. The summed E-state index contributed by atoms with van der Waals surface area (Å²) >= 11 is 0. The molecule has 0 aliphatic heterocycles. The molecule has 1 aromatic rings. The van der Waals surface area contributed by atoms with Gasteiger partial charge in [0.25, 0.3) is 0 Å². The van der Waals surface area contributed by atoms with Crippen LogP contribution >= 0.6 is 0 Å². The van der Waals surface area contributed by atoms with Gasteiger partial charge in [-0.25, -0.2) is 13.6 Å². The first-order valence-electron chi connectivity index (χ1n) is 5.58. The van der Waals surface area contributed by atoms with Gasteiger partial charge >= 0.3 is 5.97 Å². The minimum Gasteiger partial charge on any atom is -0.480 e. The minimum absolute atomic E-state index is 0.0247. The summed E-state index contributed by atoms with van der Waals surface area (Å²) in [5, 5.41) is 11.0. The van der Waals surface area contributed by atoms with Crippen molar-refractivity contribution in [1.29, 1.82) is 0 Å². The Bertz CT molecular complexity index is 550. The summed E-state index contributed by atoms with van der Waals surface area (Å²) < 4.78 is 37.8. The van der Waals surface area contributed by atoms with E-state index in [0.717, 1.165) is 19.1 Å². The Labute approximate surface area is 116 Å². The summed E-state index contributed by atoms with van der Waals surface area (Å²) in [6, 6.07) is 1.53. The van der Waals surface area contributed by atoms with Crippen LogP contribution < -0.4 is 5.32 Å². The number of amides is 1. The smallest absolute Gasteiger partial charge is 0.327 e. The molecular formula is C12H13F2NO4S. The van der Waals surface area contributed by atoms with Gasteiger partial charge in [0, 0.05) is 29.4 Å². The molecule has 110 valence electrons. The van der Waals surface area contributed by atoms with E-state index in [0.29, 0.717) is 6.07 Å². The summed E-state index contributed by atoms with van der Waals surface area (Å²) in [6.45, 7) is 1.14. The maximum atomic E-state index is 13.4. The normalized spacial score (nSPS) is 13.6. The number of carbonyl (C=O) groups excluding carboxylic acids is 1. The van der Waals surface area contributed by atoms with Gasteiger partial charge in [0.05, 0.1) is 11.5 Å². The summed E-state index contributed by atoms with van der Waals surface area (Å²) in [5.41, 5.74) is 0.0247. The third-order valence-corrected chi connectivity index (χ3v) is 3.70. The predicted octanol–water partition coefficient (Wildman–Crippen LogP) is 0.803. The average molecular weight is 305 g/mol. The highest BCUT2D eigenvalue weighted by atomic mass is 32.2. The Morgan fingerprint density at radius 1 is 1.40 bits per heavy atom. The van der Waals surface area contributed by atoms with Crippen LogP contribution in [0, 0.1) is 11.6 Å². The van der Waals surface area contributed by atoms with Crippen LogP contribution in [0.1, 0.15) is 12.5 Å². The first kappa shape index (κ1) is 16.2. The van der Waals surface area contributed by atoms with E-state index >= 15 is 0 Å². The zero-order chi connectivity index (χ0) is 15.3. The van der Waals surface area contributed by atoms with Gasteiger partial charge < -0.3 is 10.4 Å². The molecule has 1 rings (SSSR count). The number of halogens is 2. The molecule has 0 saturated carbocycles. The van der Waals surface area contributed by atoms with E-state index < -0.39 is 40.4 Å². The number of nitrogens with one attached hydrogen (secondary N) is 1. The Kier molecular flexibility index (Phi) is 5.75. The molecule has 0 radical (unpaired) electrons. The van der Waals surface area contributed by atoms with Crippen molar-refractivity contribution in [1.82, 2.24) is 5.32 Å². The zero-order valence-electron chi connectivity index (χ0n) is 10.6. The molecule has 0 fully saturated rings. The van der Waals surface area contributed by atoms with Crippen LogP contribution in [-0.4, -0.2) is 33.0 Å². The van der Waals surface area contributed by atoms with Gasteiger partial charge in [0.15, 0.2) is 0 Å². The van der Waals surface area contributed by atoms with Crippen molar-refractivity contribution in [3.63, 3.8) is 0 Å². The van der Waals surface area contributed by atoms with Gasteiger partial charge in [-0.2, -0.15) is 0 Å². The van der Waals surface area contributed by atoms with Gasteiger partial charge in [-0.15, -0.1) is 0 Å². The van der Waals surface area contributed by atoms with Gasteiger partial charge in [-0.1, -0.05) is 6.07 Å². The van der Waals surface area contributed by atoms with E-state index in [1.807, 2.05) is 0 Å². The molecule has 0 saturated heterocycles. The molecule has 0 spiro atoms. The van der Waals surface area contributed by atoms with Crippen LogP contribution in [0.2, 0.25) is 0 Å². The van der Waals surface area contributed by atoms with E-state index in [2.05, 4.69) is 5.32 Å². The van der Waals surface area contributed by atoms with Crippen molar-refractivity contribution >= 4 is 22.7 Å². The summed E-state index contributed by atoms with van der Waals surface area (Å²) in [6.07, 6.45) is 0. The lowest BCUT2D eigenvalue weighted by molar-refractivity contribution is -0.140. The summed E-state index contributed by atoms with van der Waals surface area (Å²) in [4.78, 5) is 21.7. The third kappa shape index (κ3) is 5.04. The first-order valence-corrected chi connectivity index (χ1v) is 7.07. The van der Waals surface area contributed by atoms with Crippen LogP contribution in [0.15, 0.2) is 18.2 Å². The largest absolute Gasteiger partial charge is 0.480 e. The molecule has 0 aliphatic carbocycles. The number of carboxylic acid groups (broad SMARTS) is 1. The van der Waals surface area contributed by atoms with Crippen LogP contribution in [-0.2, 0) is 26.1 Å². The molecule has 0 heterocycles. The topological polar surface area (TPSA) is 83.5 Å². The molecule has 8 heteroatoms. The molecule has 20 heavy (non-hydrogen) atoms. The second-order valence-corrected chi connectivity index (χ2v) is 5.58. The SMILES string of the molecule is CC(=O)N[C@@H](CS(=O)Cc1ccc(F)cc1F)C(=O)O. The van der Waals surface area contributed by atoms with Crippen molar-refractivity contribution in [3.05, 3.63) is 35.4 Å². The third-order valence-electron chi connectivity index (χ3n) is 2.36. The van der Waals surface area contributed by atoms with E-state index in [-0.39, 0.29) is 17.1 Å². The fourth-order valence-electron chi connectivity index (χ4n) is 1.48. The monoisotopic (exact) mass is 305 g/mol. The first-order chi connectivity index (χ1) is 9.29. The van der Waals surface area contributed by atoms with Crippen molar-refractivity contribution < 1.29 is 27.7 Å². The van der Waals surface area contributed by atoms with Crippen LogP contribution in [0.25, 0.3) is 0 Å². The molecule has 1 aromatic carbocycles. The second-order valence-electron chi connectivity index (χ2n) is 4.08. The number of rotatable bonds is 6. The second kappa shape index (κ2) is 7.09. The number of aliphatic carboxylic acids is 1. The molecule has 0 aliphatic rings. The Hall–Kier alpha value is -1.83. The number of benzene rings is 1. The Morgan fingerprint density at radius 3 is 2.55 bits per heavy atom. The maximum absolute atomic E-state index is 13.4. The van der Waals surface area contributed by atoms with Crippen molar-refractivity contribution in [2.45, 2.75) is 18.7 Å². The highest BCUT2D eigenvalue weighted by molar-refractivity contribution is 7.84. The Morgan fingerprint density at radius 2 is 2.05 bits per heavy atom. The molecule has 0 bridgehead atoms. The highest BCUT2D eigenvalue weighted by Gasteiger charge is 2.21. The minimum atomic E-state index is -1.71. The van der Waals surface area contributed by atoms with Gasteiger partial charge in [-0.05, 0) is 6.07 Å². The van der Waals surface area contributed by atoms with E-state index in [1.54, 1.807) is 0 Å². The van der Waals surface area contributed by atoms with Crippen LogP contribution in [0.5, 0.6) is 0 Å². The van der Waals surface area contributed by atoms with E-state index in [1.165, 1.54) is 0 Å². The fraction of sp³-hybridized carbons (Fsp3) is 0.333. The number of carbonyl (C=O) groups is 2. The number of carboxylic acids is 1. The molecule has 1 amide bonds. The molecule has 2 atom stereocenters. The molecule has 5 nitrogen and oxygen atoms in total. The summed E-state index contributed by atoms with van der Waals surface area (Å²) in [5.74, 6) is -4.10. The maximum Gasteiger partial charge on any atom is 0.327 e. The lowest BCUT2D eigenvalue weighted by atomic mass is 10.2. The highest BCUT2D eigenvalue weighted by Crippen LogP contribution is 2.12. The predicted molar refractivity (Wildman–Crippen MR) is 68.3 cm³/mol. The molecular weight excluding hydrogens is 292 g/mol. The van der Waals surface area contributed by atoms with Gasteiger partial charge in [0.2, 0.25) is 5.91 Å². The zero-order valence-corrected chi connectivity index (χ0v) is 11.4.